The van der Waals surface area contributed by atoms with Crippen molar-refractivity contribution < 1.29 is 9.45 Å². The summed E-state index contributed by atoms with van der Waals surface area (Å²) in [7, 11) is 0. The molecule has 1 aromatic carbocycles. The average molecular weight is 233 g/mol. The third-order valence-corrected chi connectivity index (χ3v) is 2.27. The van der Waals surface area contributed by atoms with Crippen LogP contribution < -0.4 is 0 Å². The highest BCUT2D eigenvalue weighted by Gasteiger charge is 2.12. The summed E-state index contributed by atoms with van der Waals surface area (Å²) in [5, 5.41) is 14.3. The summed E-state index contributed by atoms with van der Waals surface area (Å²) in [4.78, 5) is 14.3. The van der Waals surface area contributed by atoms with Crippen molar-refractivity contribution in [2.45, 2.75) is 19.8 Å². The maximum Gasteiger partial charge on any atom is 0.269 e. The van der Waals surface area contributed by atoms with E-state index in [1.165, 1.54) is 12.1 Å². The summed E-state index contributed by atoms with van der Waals surface area (Å²) in [5.41, 5.74) is 0.743. The molecule has 0 atom stereocenters. The summed E-state index contributed by atoms with van der Waals surface area (Å²) in [6.45, 7) is 3.90. The van der Waals surface area contributed by atoms with E-state index in [9.17, 15) is 10.1 Å². The normalized spacial score (nSPS) is 10.8. The minimum atomic E-state index is -0.445. The van der Waals surface area contributed by atoms with Crippen molar-refractivity contribution in [1.29, 1.82) is 0 Å². The number of nitrogens with zero attached hydrogens (tertiary/aromatic N) is 3. The topological polar surface area (TPSA) is 82.1 Å². The average Bonchev–Trinajstić information content (AvgIpc) is 2.78. The number of benzene rings is 1. The Balaban J connectivity index is 2.30. The molecule has 1 aromatic heterocycles. The lowest BCUT2D eigenvalue weighted by atomic mass is 10.2. The Morgan fingerprint density at radius 3 is 2.41 bits per heavy atom. The van der Waals surface area contributed by atoms with E-state index in [0.29, 0.717) is 17.3 Å². The van der Waals surface area contributed by atoms with E-state index in [-0.39, 0.29) is 11.6 Å². The molecule has 0 aliphatic rings. The predicted octanol–water partition coefficient (Wildman–Crippen LogP) is 2.77. The van der Waals surface area contributed by atoms with E-state index in [1.54, 1.807) is 12.1 Å². The van der Waals surface area contributed by atoms with E-state index >= 15 is 0 Å². The van der Waals surface area contributed by atoms with Crippen molar-refractivity contribution in [3.63, 3.8) is 0 Å². The fraction of sp³-hybridized carbons (Fsp3) is 0.273. The number of non-ortho nitro benzene ring substituents is 1. The first-order valence-electron chi connectivity index (χ1n) is 5.16. The molecular formula is C11H11N3O3. The molecule has 88 valence electrons. The van der Waals surface area contributed by atoms with Crippen LogP contribution >= 0.6 is 0 Å². The van der Waals surface area contributed by atoms with Crippen molar-refractivity contribution in [2.75, 3.05) is 0 Å². The highest BCUT2D eigenvalue weighted by Crippen LogP contribution is 2.21. The van der Waals surface area contributed by atoms with Crippen LogP contribution in [-0.2, 0) is 0 Å². The van der Waals surface area contributed by atoms with E-state index in [2.05, 4.69) is 10.1 Å². The monoisotopic (exact) mass is 233 g/mol. The number of nitro benzene ring substituents is 1. The van der Waals surface area contributed by atoms with Crippen molar-refractivity contribution in [1.82, 2.24) is 10.1 Å². The molecular weight excluding hydrogens is 222 g/mol. The number of nitro groups is 1. The maximum absolute atomic E-state index is 10.5. The van der Waals surface area contributed by atoms with Crippen LogP contribution in [0.4, 0.5) is 5.69 Å². The zero-order valence-electron chi connectivity index (χ0n) is 9.45. The molecule has 1 heterocycles. The van der Waals surface area contributed by atoms with E-state index in [0.717, 1.165) is 0 Å². The highest BCUT2D eigenvalue weighted by molar-refractivity contribution is 5.56. The van der Waals surface area contributed by atoms with Gasteiger partial charge in [0.25, 0.3) is 5.69 Å². The lowest BCUT2D eigenvalue weighted by molar-refractivity contribution is -0.384. The van der Waals surface area contributed by atoms with Gasteiger partial charge in [0.05, 0.1) is 4.92 Å². The fourth-order valence-corrected chi connectivity index (χ4v) is 1.32. The third kappa shape index (κ3) is 2.30. The summed E-state index contributed by atoms with van der Waals surface area (Å²) >= 11 is 0. The van der Waals surface area contributed by atoms with Gasteiger partial charge >= 0.3 is 0 Å². The Labute approximate surface area is 97.4 Å². The second-order valence-corrected chi connectivity index (χ2v) is 3.91. The number of aromatic nitrogens is 2. The first kappa shape index (κ1) is 11.3. The molecule has 2 rings (SSSR count). The smallest absolute Gasteiger partial charge is 0.269 e. The third-order valence-electron chi connectivity index (χ3n) is 2.27. The molecule has 0 saturated heterocycles. The summed E-state index contributed by atoms with van der Waals surface area (Å²) in [5.74, 6) is 1.16. The van der Waals surface area contributed by atoms with Gasteiger partial charge in [0.1, 0.15) is 0 Å². The van der Waals surface area contributed by atoms with Gasteiger partial charge in [0.2, 0.25) is 11.7 Å². The van der Waals surface area contributed by atoms with Gasteiger partial charge in [-0.2, -0.15) is 4.98 Å². The first-order chi connectivity index (χ1) is 8.08. The second kappa shape index (κ2) is 4.32. The molecule has 0 spiro atoms. The van der Waals surface area contributed by atoms with Crippen LogP contribution in [0.25, 0.3) is 11.4 Å². The lowest BCUT2D eigenvalue weighted by Crippen LogP contribution is -1.89. The van der Waals surface area contributed by atoms with Crippen LogP contribution in [-0.4, -0.2) is 15.1 Å². The maximum atomic E-state index is 10.5. The van der Waals surface area contributed by atoms with Crippen molar-refractivity contribution in [3.8, 4) is 11.4 Å². The molecule has 6 heteroatoms. The Hall–Kier alpha value is -2.24. The molecule has 0 unspecified atom stereocenters. The quantitative estimate of drug-likeness (QED) is 0.601. The molecule has 0 amide bonds. The fourth-order valence-electron chi connectivity index (χ4n) is 1.32. The molecule has 2 aromatic rings. The Morgan fingerprint density at radius 2 is 1.94 bits per heavy atom. The molecule has 0 fully saturated rings. The van der Waals surface area contributed by atoms with Gasteiger partial charge in [0, 0.05) is 23.6 Å². The lowest BCUT2D eigenvalue weighted by Gasteiger charge is -1.94. The van der Waals surface area contributed by atoms with Gasteiger partial charge in [-0.1, -0.05) is 19.0 Å². The van der Waals surface area contributed by atoms with Crippen LogP contribution in [0, 0.1) is 10.1 Å². The summed E-state index contributed by atoms with van der Waals surface area (Å²) in [6, 6.07) is 6.04. The Morgan fingerprint density at radius 1 is 1.29 bits per heavy atom. The van der Waals surface area contributed by atoms with E-state index < -0.39 is 4.92 Å². The second-order valence-electron chi connectivity index (χ2n) is 3.91. The van der Waals surface area contributed by atoms with Gasteiger partial charge in [-0.05, 0) is 12.1 Å². The largest absolute Gasteiger partial charge is 0.339 e. The van der Waals surface area contributed by atoms with E-state index in [4.69, 9.17) is 4.52 Å². The van der Waals surface area contributed by atoms with Crippen LogP contribution in [0.15, 0.2) is 28.8 Å². The van der Waals surface area contributed by atoms with Crippen LogP contribution in [0.3, 0.4) is 0 Å². The molecule has 0 saturated carbocycles. The number of rotatable bonds is 3. The molecule has 17 heavy (non-hydrogen) atoms. The minimum Gasteiger partial charge on any atom is -0.339 e. The minimum absolute atomic E-state index is 0.0429. The van der Waals surface area contributed by atoms with Gasteiger partial charge in [-0.25, -0.2) is 0 Å². The number of hydrogen-bond acceptors (Lipinski definition) is 5. The highest BCUT2D eigenvalue weighted by atomic mass is 16.6. The van der Waals surface area contributed by atoms with Crippen LogP contribution in [0.1, 0.15) is 25.7 Å². The number of hydrogen-bond donors (Lipinski definition) is 0. The summed E-state index contributed by atoms with van der Waals surface area (Å²) < 4.78 is 5.06. The van der Waals surface area contributed by atoms with Crippen LogP contribution in [0.2, 0.25) is 0 Å². The molecule has 0 radical (unpaired) electrons. The predicted molar refractivity (Wildman–Crippen MR) is 60.5 cm³/mol. The van der Waals surface area contributed by atoms with Crippen molar-refractivity contribution in [3.05, 3.63) is 40.3 Å². The van der Waals surface area contributed by atoms with Crippen molar-refractivity contribution in [2.24, 2.45) is 0 Å². The Kier molecular flexibility index (Phi) is 2.86. The van der Waals surface area contributed by atoms with Crippen LogP contribution in [0.5, 0.6) is 0 Å². The molecule has 6 nitrogen and oxygen atoms in total. The molecule has 0 N–H and O–H groups in total. The Bertz CT molecular complexity index is 531. The van der Waals surface area contributed by atoms with Gasteiger partial charge in [-0.3, -0.25) is 10.1 Å². The van der Waals surface area contributed by atoms with E-state index in [1.807, 2.05) is 13.8 Å². The zero-order chi connectivity index (χ0) is 12.4. The zero-order valence-corrected chi connectivity index (χ0v) is 9.45. The molecule has 0 aliphatic heterocycles. The van der Waals surface area contributed by atoms with Gasteiger partial charge < -0.3 is 4.52 Å². The molecule has 0 aliphatic carbocycles. The SMILES string of the molecule is CC(C)c1nc(-c2ccc([N+](=O)[O-])cc2)no1. The summed E-state index contributed by atoms with van der Waals surface area (Å²) in [6.07, 6.45) is 0. The van der Waals surface area contributed by atoms with Gasteiger partial charge in [0.15, 0.2) is 0 Å². The van der Waals surface area contributed by atoms with Gasteiger partial charge in [-0.15, -0.1) is 0 Å². The standard InChI is InChI=1S/C11H11N3O3/c1-7(2)11-12-10(13-17-11)8-3-5-9(6-4-8)14(15)16/h3-7H,1-2H3. The first-order valence-corrected chi connectivity index (χ1v) is 5.16. The molecule has 0 bridgehead atoms. The van der Waals surface area contributed by atoms with Crippen molar-refractivity contribution >= 4 is 5.69 Å².